The molecule has 0 amide bonds. The molecule has 1 saturated heterocycles. The van der Waals surface area contributed by atoms with Crippen LogP contribution in [-0.2, 0) is 14.6 Å². The summed E-state index contributed by atoms with van der Waals surface area (Å²) in [6.45, 7) is 2.45. The fraction of sp³-hybridized carbons (Fsp3) is 0.538. The molecule has 2 atom stereocenters. The zero-order valence-electron chi connectivity index (χ0n) is 10.9. The summed E-state index contributed by atoms with van der Waals surface area (Å²) in [5.74, 6) is 0.589. The maximum Gasteiger partial charge on any atom is 0.159 e. The standard InChI is InChI=1S/C13H19NO4S/c1-10-13(5-6-17-10)19(15,16)8-7-18-12-4-2-3-11(14)9-12/h2-4,9-10,13H,5-8,14H2,1H3. The van der Waals surface area contributed by atoms with Crippen LogP contribution in [0.1, 0.15) is 13.3 Å². The second-order valence-electron chi connectivity index (χ2n) is 4.69. The van der Waals surface area contributed by atoms with Crippen molar-refractivity contribution in [2.24, 2.45) is 0 Å². The van der Waals surface area contributed by atoms with Crippen LogP contribution < -0.4 is 10.5 Å². The van der Waals surface area contributed by atoms with E-state index in [4.69, 9.17) is 15.2 Å². The minimum absolute atomic E-state index is 0.000164. The Morgan fingerprint density at radius 3 is 2.89 bits per heavy atom. The van der Waals surface area contributed by atoms with Gasteiger partial charge in [0, 0.05) is 18.4 Å². The normalized spacial score (nSPS) is 23.4. The number of ether oxygens (including phenoxy) is 2. The predicted molar refractivity (Wildman–Crippen MR) is 74.0 cm³/mol. The molecular formula is C13H19NO4S. The molecule has 1 aliphatic heterocycles. The first kappa shape index (κ1) is 14.1. The first-order valence-electron chi connectivity index (χ1n) is 6.30. The van der Waals surface area contributed by atoms with Crippen molar-refractivity contribution in [1.29, 1.82) is 0 Å². The van der Waals surface area contributed by atoms with Crippen LogP contribution in [0.5, 0.6) is 5.75 Å². The zero-order chi connectivity index (χ0) is 13.9. The predicted octanol–water partition coefficient (Wildman–Crippen LogP) is 1.24. The second-order valence-corrected chi connectivity index (χ2v) is 7.03. The van der Waals surface area contributed by atoms with Crippen LogP contribution in [-0.4, -0.2) is 38.7 Å². The summed E-state index contributed by atoms with van der Waals surface area (Å²) in [6, 6.07) is 6.95. The summed E-state index contributed by atoms with van der Waals surface area (Å²) < 4.78 is 34.9. The molecule has 1 fully saturated rings. The van der Waals surface area contributed by atoms with Gasteiger partial charge in [0.15, 0.2) is 9.84 Å². The third-order valence-electron chi connectivity index (χ3n) is 3.26. The summed E-state index contributed by atoms with van der Waals surface area (Å²) >= 11 is 0. The first-order chi connectivity index (χ1) is 8.99. The van der Waals surface area contributed by atoms with Crippen LogP contribution in [0.2, 0.25) is 0 Å². The van der Waals surface area contributed by atoms with E-state index in [2.05, 4.69) is 0 Å². The van der Waals surface area contributed by atoms with E-state index in [9.17, 15) is 8.42 Å². The molecule has 0 aromatic heterocycles. The van der Waals surface area contributed by atoms with E-state index in [1.807, 2.05) is 0 Å². The van der Waals surface area contributed by atoms with Crippen molar-refractivity contribution in [3.63, 3.8) is 0 Å². The van der Waals surface area contributed by atoms with Gasteiger partial charge in [-0.25, -0.2) is 8.42 Å². The molecule has 1 heterocycles. The number of nitrogen functional groups attached to an aromatic ring is 1. The number of hydrogen-bond acceptors (Lipinski definition) is 5. The summed E-state index contributed by atoms with van der Waals surface area (Å²) in [4.78, 5) is 0. The Kier molecular flexibility index (Phi) is 4.31. The molecule has 0 aliphatic carbocycles. The molecule has 2 unspecified atom stereocenters. The molecule has 1 aliphatic rings. The Bertz CT molecular complexity index is 529. The highest BCUT2D eigenvalue weighted by molar-refractivity contribution is 7.92. The lowest BCUT2D eigenvalue weighted by Gasteiger charge is -2.15. The highest BCUT2D eigenvalue weighted by Crippen LogP contribution is 2.22. The number of sulfone groups is 1. The monoisotopic (exact) mass is 285 g/mol. The molecule has 1 aromatic rings. The van der Waals surface area contributed by atoms with Crippen LogP contribution in [0, 0.1) is 0 Å². The minimum Gasteiger partial charge on any atom is -0.492 e. The Morgan fingerprint density at radius 2 is 2.26 bits per heavy atom. The summed E-state index contributed by atoms with van der Waals surface area (Å²) in [7, 11) is -3.17. The first-order valence-corrected chi connectivity index (χ1v) is 8.02. The third-order valence-corrected chi connectivity index (χ3v) is 5.54. The molecule has 0 spiro atoms. The molecule has 6 heteroatoms. The summed E-state index contributed by atoms with van der Waals surface area (Å²) in [6.07, 6.45) is 0.347. The average Bonchev–Trinajstić information content (AvgIpc) is 2.76. The van der Waals surface area contributed by atoms with Crippen LogP contribution in [0.4, 0.5) is 5.69 Å². The van der Waals surface area contributed by atoms with E-state index in [0.29, 0.717) is 24.5 Å². The van der Waals surface area contributed by atoms with Gasteiger partial charge in [0.1, 0.15) is 12.4 Å². The molecule has 106 valence electrons. The van der Waals surface area contributed by atoms with Crippen LogP contribution >= 0.6 is 0 Å². The van der Waals surface area contributed by atoms with Crippen LogP contribution in [0.25, 0.3) is 0 Å². The Hall–Kier alpha value is -1.27. The van der Waals surface area contributed by atoms with Gasteiger partial charge in [-0.05, 0) is 25.5 Å². The number of hydrogen-bond donors (Lipinski definition) is 1. The maximum atomic E-state index is 12.1. The van der Waals surface area contributed by atoms with E-state index in [0.717, 1.165) is 0 Å². The lowest BCUT2D eigenvalue weighted by atomic mass is 10.3. The van der Waals surface area contributed by atoms with Crippen molar-refractivity contribution in [2.75, 3.05) is 24.7 Å². The van der Waals surface area contributed by atoms with Gasteiger partial charge in [-0.1, -0.05) is 6.07 Å². The largest absolute Gasteiger partial charge is 0.492 e. The molecule has 0 radical (unpaired) electrons. The van der Waals surface area contributed by atoms with E-state index in [1.54, 1.807) is 31.2 Å². The van der Waals surface area contributed by atoms with E-state index < -0.39 is 15.1 Å². The van der Waals surface area contributed by atoms with Crippen molar-refractivity contribution in [2.45, 2.75) is 24.7 Å². The molecule has 2 rings (SSSR count). The zero-order valence-corrected chi connectivity index (χ0v) is 11.7. The Morgan fingerprint density at radius 1 is 1.47 bits per heavy atom. The molecular weight excluding hydrogens is 266 g/mol. The minimum atomic E-state index is -3.17. The molecule has 0 bridgehead atoms. The van der Waals surface area contributed by atoms with Crippen LogP contribution in [0.3, 0.4) is 0 Å². The van der Waals surface area contributed by atoms with Crippen molar-refractivity contribution < 1.29 is 17.9 Å². The highest BCUT2D eigenvalue weighted by Gasteiger charge is 2.35. The Balaban J connectivity index is 1.88. The second kappa shape index (κ2) is 5.79. The van der Waals surface area contributed by atoms with Gasteiger partial charge in [0.25, 0.3) is 0 Å². The maximum absolute atomic E-state index is 12.1. The Labute approximate surface area is 113 Å². The SMILES string of the molecule is CC1OCCC1S(=O)(=O)CCOc1cccc(N)c1. The van der Waals surface area contributed by atoms with Crippen molar-refractivity contribution in [1.82, 2.24) is 0 Å². The lowest BCUT2D eigenvalue weighted by molar-refractivity contribution is 0.126. The van der Waals surface area contributed by atoms with Crippen LogP contribution in [0.15, 0.2) is 24.3 Å². The highest BCUT2D eigenvalue weighted by atomic mass is 32.2. The van der Waals surface area contributed by atoms with Crippen molar-refractivity contribution >= 4 is 15.5 Å². The van der Waals surface area contributed by atoms with Gasteiger partial charge in [-0.15, -0.1) is 0 Å². The van der Waals surface area contributed by atoms with Gasteiger partial charge in [-0.2, -0.15) is 0 Å². The van der Waals surface area contributed by atoms with Crippen molar-refractivity contribution in [3.8, 4) is 5.75 Å². The fourth-order valence-electron chi connectivity index (χ4n) is 2.22. The quantitative estimate of drug-likeness (QED) is 0.823. The number of nitrogens with two attached hydrogens (primary N) is 1. The molecule has 1 aromatic carbocycles. The third kappa shape index (κ3) is 3.61. The number of benzene rings is 1. The average molecular weight is 285 g/mol. The van der Waals surface area contributed by atoms with Gasteiger partial charge in [-0.3, -0.25) is 0 Å². The molecule has 19 heavy (non-hydrogen) atoms. The summed E-state index contributed by atoms with van der Waals surface area (Å²) in [5, 5.41) is -0.406. The fourth-order valence-corrected chi connectivity index (χ4v) is 3.95. The van der Waals surface area contributed by atoms with E-state index in [1.165, 1.54) is 0 Å². The number of rotatable bonds is 5. The van der Waals surface area contributed by atoms with Gasteiger partial charge >= 0.3 is 0 Å². The van der Waals surface area contributed by atoms with Gasteiger partial charge < -0.3 is 15.2 Å². The van der Waals surface area contributed by atoms with Gasteiger partial charge in [0.05, 0.1) is 17.1 Å². The van der Waals surface area contributed by atoms with E-state index in [-0.39, 0.29) is 18.5 Å². The number of anilines is 1. The van der Waals surface area contributed by atoms with Gasteiger partial charge in [0.2, 0.25) is 0 Å². The lowest BCUT2D eigenvalue weighted by Crippen LogP contribution is -2.32. The summed E-state index contributed by atoms with van der Waals surface area (Å²) in [5.41, 5.74) is 6.21. The van der Waals surface area contributed by atoms with Crippen molar-refractivity contribution in [3.05, 3.63) is 24.3 Å². The molecule has 5 nitrogen and oxygen atoms in total. The molecule has 0 saturated carbocycles. The van der Waals surface area contributed by atoms with E-state index >= 15 is 0 Å². The molecule has 2 N–H and O–H groups in total. The smallest absolute Gasteiger partial charge is 0.159 e. The topological polar surface area (TPSA) is 78.6 Å².